The molecule has 0 spiro atoms. The fraction of sp³-hybridized carbons (Fsp3) is 0.278. The Morgan fingerprint density at radius 1 is 1.19 bits per heavy atom. The van der Waals surface area contributed by atoms with E-state index in [4.69, 9.17) is 18.6 Å². The summed E-state index contributed by atoms with van der Waals surface area (Å²) >= 11 is 0. The van der Waals surface area contributed by atoms with E-state index < -0.39 is 12.1 Å². The molecule has 1 heterocycles. The van der Waals surface area contributed by atoms with Crippen LogP contribution in [0, 0.1) is 0 Å². The van der Waals surface area contributed by atoms with Gasteiger partial charge in [0.2, 0.25) is 5.76 Å². The highest BCUT2D eigenvalue weighted by Gasteiger charge is 2.12. The van der Waals surface area contributed by atoms with Gasteiger partial charge < -0.3 is 23.4 Å². The predicted octanol–water partition coefficient (Wildman–Crippen LogP) is 2.73. The highest BCUT2D eigenvalue weighted by Crippen LogP contribution is 2.28. The molecule has 0 radical (unpaired) electrons. The molecule has 0 bridgehead atoms. The molecule has 1 amide bonds. The first kappa shape index (κ1) is 19.8. The number of rotatable bonds is 8. The molecular formula is C18H20N2O7. The van der Waals surface area contributed by atoms with Crippen molar-refractivity contribution in [2.24, 2.45) is 5.10 Å². The molecule has 0 saturated heterocycles. The van der Waals surface area contributed by atoms with E-state index in [9.17, 15) is 9.59 Å². The highest BCUT2D eigenvalue weighted by atomic mass is 16.6. The Hall–Kier alpha value is -3.49. The van der Waals surface area contributed by atoms with Gasteiger partial charge in [-0.25, -0.2) is 15.0 Å². The lowest BCUT2D eigenvalue weighted by Crippen LogP contribution is -2.18. The number of hydrazone groups is 1. The molecule has 0 aliphatic rings. The van der Waals surface area contributed by atoms with Gasteiger partial charge in [-0.3, -0.25) is 0 Å². The smallest absolute Gasteiger partial charge is 0.427 e. The maximum absolute atomic E-state index is 11.4. The first-order chi connectivity index (χ1) is 13.1. The maximum atomic E-state index is 11.4. The normalized spacial score (nSPS) is 10.5. The molecule has 0 fully saturated rings. The zero-order valence-corrected chi connectivity index (χ0v) is 15.2. The van der Waals surface area contributed by atoms with E-state index >= 15 is 0 Å². The Morgan fingerprint density at radius 2 is 2.00 bits per heavy atom. The molecule has 2 aromatic rings. The van der Waals surface area contributed by atoms with Gasteiger partial charge in [0.25, 0.3) is 0 Å². The van der Waals surface area contributed by atoms with E-state index in [1.165, 1.54) is 26.5 Å². The third-order valence-corrected chi connectivity index (χ3v) is 3.25. The fourth-order valence-electron chi connectivity index (χ4n) is 2.02. The van der Waals surface area contributed by atoms with Crippen LogP contribution in [0.2, 0.25) is 0 Å². The molecule has 1 aromatic heterocycles. The van der Waals surface area contributed by atoms with Crippen LogP contribution in [0.25, 0.3) is 0 Å². The molecule has 144 valence electrons. The van der Waals surface area contributed by atoms with Crippen LogP contribution >= 0.6 is 0 Å². The lowest BCUT2D eigenvalue weighted by atomic mass is 10.2. The maximum Gasteiger partial charge on any atom is 0.427 e. The van der Waals surface area contributed by atoms with E-state index in [2.05, 4.69) is 15.3 Å². The van der Waals surface area contributed by atoms with Crippen LogP contribution in [0.1, 0.15) is 28.8 Å². The molecule has 0 saturated carbocycles. The number of furan rings is 1. The second kappa shape index (κ2) is 9.85. The summed E-state index contributed by atoms with van der Waals surface area (Å²) in [5.74, 6) is 0.947. The molecular weight excluding hydrogens is 356 g/mol. The molecule has 1 N–H and O–H groups in total. The molecule has 1 aromatic carbocycles. The number of nitrogens with zero attached hydrogens (tertiary/aromatic N) is 1. The van der Waals surface area contributed by atoms with Crippen LogP contribution in [-0.4, -0.2) is 39.1 Å². The second-order valence-corrected chi connectivity index (χ2v) is 5.05. The number of nitrogens with one attached hydrogen (secondary N) is 1. The summed E-state index contributed by atoms with van der Waals surface area (Å²) in [4.78, 5) is 22.5. The van der Waals surface area contributed by atoms with Gasteiger partial charge in [0.05, 0.1) is 27.0 Å². The van der Waals surface area contributed by atoms with Crippen LogP contribution < -0.4 is 14.9 Å². The van der Waals surface area contributed by atoms with Gasteiger partial charge in [-0.15, -0.1) is 0 Å². The summed E-state index contributed by atoms with van der Waals surface area (Å²) in [5.41, 5.74) is 2.92. The second-order valence-electron chi connectivity index (χ2n) is 5.05. The lowest BCUT2D eigenvalue weighted by molar-refractivity contribution is 0.0560. The molecule has 27 heavy (non-hydrogen) atoms. The number of amides is 1. The minimum atomic E-state index is -0.634. The van der Waals surface area contributed by atoms with Crippen LogP contribution in [-0.2, 0) is 16.1 Å². The molecule has 9 nitrogen and oxygen atoms in total. The van der Waals surface area contributed by atoms with Gasteiger partial charge in [0.1, 0.15) is 12.4 Å². The van der Waals surface area contributed by atoms with Crippen LogP contribution in [0.4, 0.5) is 4.79 Å². The van der Waals surface area contributed by atoms with Crippen molar-refractivity contribution in [2.75, 3.05) is 20.8 Å². The Bertz CT molecular complexity index is 814. The van der Waals surface area contributed by atoms with Gasteiger partial charge in [-0.2, -0.15) is 5.10 Å². The van der Waals surface area contributed by atoms with Crippen LogP contribution in [0.3, 0.4) is 0 Å². The van der Waals surface area contributed by atoms with Crippen molar-refractivity contribution in [3.05, 3.63) is 47.4 Å². The van der Waals surface area contributed by atoms with Crippen molar-refractivity contribution >= 4 is 18.3 Å². The van der Waals surface area contributed by atoms with Crippen molar-refractivity contribution in [1.82, 2.24) is 5.43 Å². The number of esters is 1. The van der Waals surface area contributed by atoms with Gasteiger partial charge in [-0.1, -0.05) is 0 Å². The van der Waals surface area contributed by atoms with Crippen LogP contribution in [0.5, 0.6) is 11.5 Å². The van der Waals surface area contributed by atoms with Gasteiger partial charge in [0.15, 0.2) is 11.5 Å². The van der Waals surface area contributed by atoms with E-state index in [1.54, 1.807) is 31.2 Å². The predicted molar refractivity (Wildman–Crippen MR) is 95.1 cm³/mol. The summed E-state index contributed by atoms with van der Waals surface area (Å²) in [7, 11) is 2.78. The SMILES string of the molecule is CCOC(=O)N/N=C/c1ccc(OCc2ccc(C(=O)OC)o2)c(OC)c1. The van der Waals surface area contributed by atoms with Crippen molar-refractivity contribution < 1.29 is 33.0 Å². The van der Waals surface area contributed by atoms with Crippen molar-refractivity contribution in [1.29, 1.82) is 0 Å². The Morgan fingerprint density at radius 3 is 2.70 bits per heavy atom. The Balaban J connectivity index is 1.99. The van der Waals surface area contributed by atoms with Crippen molar-refractivity contribution in [3.63, 3.8) is 0 Å². The van der Waals surface area contributed by atoms with Crippen molar-refractivity contribution in [3.8, 4) is 11.5 Å². The van der Waals surface area contributed by atoms with Gasteiger partial charge >= 0.3 is 12.1 Å². The van der Waals surface area contributed by atoms with Gasteiger partial charge in [0, 0.05) is 0 Å². The third-order valence-electron chi connectivity index (χ3n) is 3.25. The summed E-state index contributed by atoms with van der Waals surface area (Å²) in [5, 5.41) is 3.78. The molecule has 2 rings (SSSR count). The van der Waals surface area contributed by atoms with Crippen LogP contribution in [0.15, 0.2) is 39.9 Å². The number of methoxy groups -OCH3 is 2. The summed E-state index contributed by atoms with van der Waals surface area (Å²) in [6.07, 6.45) is 0.809. The third kappa shape index (κ3) is 5.77. The standard InChI is InChI=1S/C18H20N2O7/c1-4-25-18(22)20-19-10-12-5-7-14(16(9-12)23-2)26-11-13-6-8-15(27-13)17(21)24-3/h5-10H,4,11H2,1-3H3,(H,20,22)/b19-10+. The number of carbonyl (C=O) groups is 2. The highest BCUT2D eigenvalue weighted by molar-refractivity contribution is 5.86. The number of carbonyl (C=O) groups excluding carboxylic acids is 2. The number of hydrogen-bond donors (Lipinski definition) is 1. The fourth-order valence-corrected chi connectivity index (χ4v) is 2.02. The summed E-state index contributed by atoms with van der Waals surface area (Å²) in [6.45, 7) is 2.06. The average Bonchev–Trinajstić information content (AvgIpc) is 3.15. The number of ether oxygens (including phenoxy) is 4. The van der Waals surface area contributed by atoms with E-state index in [-0.39, 0.29) is 19.0 Å². The average molecular weight is 376 g/mol. The molecule has 0 aliphatic heterocycles. The molecule has 0 aliphatic carbocycles. The minimum Gasteiger partial charge on any atom is -0.493 e. The minimum absolute atomic E-state index is 0.101. The van der Waals surface area contributed by atoms with Crippen molar-refractivity contribution in [2.45, 2.75) is 13.5 Å². The molecule has 0 unspecified atom stereocenters. The molecule has 9 heteroatoms. The largest absolute Gasteiger partial charge is 0.493 e. The van der Waals surface area contributed by atoms with Gasteiger partial charge in [-0.05, 0) is 42.8 Å². The zero-order chi connectivity index (χ0) is 19.6. The summed E-state index contributed by atoms with van der Waals surface area (Å²) in [6, 6.07) is 8.25. The first-order valence-corrected chi connectivity index (χ1v) is 8.01. The Labute approximate surface area is 155 Å². The van der Waals surface area contributed by atoms with E-state index in [1.807, 2.05) is 0 Å². The summed E-state index contributed by atoms with van der Waals surface area (Å²) < 4.78 is 25.6. The quantitative estimate of drug-likeness (QED) is 0.429. The molecule has 0 atom stereocenters. The lowest BCUT2D eigenvalue weighted by Gasteiger charge is -2.10. The topological polar surface area (TPSA) is 109 Å². The van der Waals surface area contributed by atoms with E-state index in [0.717, 1.165) is 0 Å². The number of benzene rings is 1. The zero-order valence-electron chi connectivity index (χ0n) is 15.2. The van der Waals surface area contributed by atoms with E-state index in [0.29, 0.717) is 22.8 Å². The number of hydrogen-bond acceptors (Lipinski definition) is 8. The first-order valence-electron chi connectivity index (χ1n) is 8.01. The Kier molecular flexibility index (Phi) is 7.24. The monoisotopic (exact) mass is 376 g/mol.